The molecule has 0 radical (unpaired) electrons. The summed E-state index contributed by atoms with van der Waals surface area (Å²) in [6.07, 6.45) is 20.0. The van der Waals surface area contributed by atoms with Crippen LogP contribution in [0.5, 0.6) is 0 Å². The number of furan rings is 2. The van der Waals surface area contributed by atoms with E-state index in [-0.39, 0.29) is 0 Å². The first-order valence-corrected chi connectivity index (χ1v) is 15.2. The van der Waals surface area contributed by atoms with Crippen LogP contribution in [-0.4, -0.2) is 45.5 Å². The Bertz CT molecular complexity index is 927. The van der Waals surface area contributed by atoms with Crippen molar-refractivity contribution in [1.29, 1.82) is 0 Å². The summed E-state index contributed by atoms with van der Waals surface area (Å²) in [5.74, 6) is 2.99. The minimum atomic E-state index is 0.439. The quantitative estimate of drug-likeness (QED) is 0.437. The highest BCUT2D eigenvalue weighted by molar-refractivity contribution is 8.01. The van der Waals surface area contributed by atoms with Gasteiger partial charge >= 0.3 is 0 Å². The third-order valence-electron chi connectivity index (χ3n) is 10.8. The standard InChI is InChI=1S/C30H42N2O2S/c1-21-3-5-27(23-9-13-33-15-23)31-18-29(11-7-25(21)31)17-30(35-20-29)12-8-26-22(2)4-6-28(32(26)19-30)24-10-14-34-16-24/h9-10,13-16,21-22,25-28H,3-8,11-12,17-20H2,1-2H3/t21-,22-,25+,26+,27+,28+,29-,30-/m1/s1. The molecule has 5 saturated heterocycles. The second-order valence-corrected chi connectivity index (χ2v) is 14.4. The Kier molecular flexibility index (Phi) is 5.71. The summed E-state index contributed by atoms with van der Waals surface area (Å²) in [5.41, 5.74) is 3.30. The molecule has 0 saturated carbocycles. The Morgan fingerprint density at radius 2 is 1.37 bits per heavy atom. The van der Waals surface area contributed by atoms with E-state index < -0.39 is 0 Å². The molecule has 0 bridgehead atoms. The largest absolute Gasteiger partial charge is 0.472 e. The molecular formula is C30H42N2O2S. The summed E-state index contributed by atoms with van der Waals surface area (Å²) in [7, 11) is 0. The minimum absolute atomic E-state index is 0.439. The van der Waals surface area contributed by atoms with E-state index in [2.05, 4.69) is 47.5 Å². The third kappa shape index (κ3) is 3.87. The zero-order valence-electron chi connectivity index (χ0n) is 21.5. The lowest BCUT2D eigenvalue weighted by Gasteiger charge is -2.55. The predicted octanol–water partition coefficient (Wildman–Crippen LogP) is 7.31. The van der Waals surface area contributed by atoms with Gasteiger partial charge in [-0.1, -0.05) is 13.8 Å². The zero-order valence-corrected chi connectivity index (χ0v) is 22.3. The highest BCUT2D eigenvalue weighted by Crippen LogP contribution is 2.60. The Hall–Kier alpha value is -1.17. The van der Waals surface area contributed by atoms with Crippen molar-refractivity contribution >= 4 is 11.8 Å². The summed E-state index contributed by atoms with van der Waals surface area (Å²) < 4.78 is 11.5. The van der Waals surface area contributed by atoms with Gasteiger partial charge in [-0.25, -0.2) is 0 Å². The molecule has 2 aromatic heterocycles. The van der Waals surface area contributed by atoms with E-state index in [9.17, 15) is 0 Å². The topological polar surface area (TPSA) is 32.8 Å². The fraction of sp³-hybridized carbons (Fsp3) is 0.733. The van der Waals surface area contributed by atoms with Gasteiger partial charge in [0.15, 0.2) is 0 Å². The van der Waals surface area contributed by atoms with Crippen LogP contribution < -0.4 is 0 Å². The number of fused-ring (bicyclic) bond motifs is 2. The molecule has 2 aromatic rings. The van der Waals surface area contributed by atoms with Crippen molar-refractivity contribution in [3.8, 4) is 0 Å². The van der Waals surface area contributed by atoms with Crippen LogP contribution in [0.3, 0.4) is 0 Å². The van der Waals surface area contributed by atoms with E-state index in [1.54, 1.807) is 0 Å². The van der Waals surface area contributed by atoms with Crippen molar-refractivity contribution in [1.82, 2.24) is 9.80 Å². The third-order valence-corrected chi connectivity index (χ3v) is 12.7. The van der Waals surface area contributed by atoms with E-state index in [4.69, 9.17) is 8.83 Å². The Morgan fingerprint density at radius 3 is 1.97 bits per heavy atom. The summed E-state index contributed by atoms with van der Waals surface area (Å²) in [4.78, 5) is 5.86. The van der Waals surface area contributed by atoms with Crippen molar-refractivity contribution < 1.29 is 8.83 Å². The van der Waals surface area contributed by atoms with Crippen LogP contribution in [0.15, 0.2) is 46.0 Å². The number of thioether (sulfide) groups is 1. The lowest BCUT2D eigenvalue weighted by molar-refractivity contribution is -0.0454. The van der Waals surface area contributed by atoms with Crippen molar-refractivity contribution in [2.45, 2.75) is 101 Å². The van der Waals surface area contributed by atoms with Gasteiger partial charge in [0.2, 0.25) is 0 Å². The van der Waals surface area contributed by atoms with Gasteiger partial charge in [-0.15, -0.1) is 0 Å². The number of nitrogens with zero attached hydrogens (tertiary/aromatic N) is 2. The fourth-order valence-electron chi connectivity index (χ4n) is 9.03. The first kappa shape index (κ1) is 23.0. The maximum atomic E-state index is 5.54. The summed E-state index contributed by atoms with van der Waals surface area (Å²) in [6, 6.07) is 7.04. The van der Waals surface area contributed by atoms with Crippen molar-refractivity contribution in [2.75, 3.05) is 18.8 Å². The lowest BCUT2D eigenvalue weighted by Crippen LogP contribution is -2.57. The molecule has 5 aliphatic rings. The molecule has 5 heteroatoms. The number of rotatable bonds is 2. The molecule has 0 unspecified atom stereocenters. The van der Waals surface area contributed by atoms with Gasteiger partial charge in [-0.3, -0.25) is 9.80 Å². The maximum Gasteiger partial charge on any atom is 0.0950 e. The molecule has 0 N–H and O–H groups in total. The normalized spacial score (nSPS) is 44.5. The summed E-state index contributed by atoms with van der Waals surface area (Å²) >= 11 is 2.36. The van der Waals surface area contributed by atoms with Crippen LogP contribution in [0.4, 0.5) is 0 Å². The molecule has 2 spiro atoms. The minimum Gasteiger partial charge on any atom is -0.472 e. The summed E-state index contributed by atoms with van der Waals surface area (Å²) in [5, 5.41) is 0. The summed E-state index contributed by atoms with van der Waals surface area (Å²) in [6.45, 7) is 7.56. The van der Waals surface area contributed by atoms with E-state index in [1.807, 2.05) is 25.1 Å². The second-order valence-electron chi connectivity index (χ2n) is 13.0. The first-order chi connectivity index (χ1) is 17.0. The molecule has 4 nitrogen and oxygen atoms in total. The van der Waals surface area contributed by atoms with Crippen LogP contribution in [0.2, 0.25) is 0 Å². The van der Waals surface area contributed by atoms with E-state index in [1.165, 1.54) is 87.8 Å². The molecule has 5 aliphatic heterocycles. The maximum absolute atomic E-state index is 5.54. The van der Waals surface area contributed by atoms with Gasteiger partial charge in [0.25, 0.3) is 0 Å². The lowest BCUT2D eigenvalue weighted by atomic mass is 9.67. The highest BCUT2D eigenvalue weighted by atomic mass is 32.2. The van der Waals surface area contributed by atoms with Gasteiger partial charge in [-0.05, 0) is 87.2 Å². The molecule has 7 rings (SSSR count). The van der Waals surface area contributed by atoms with Gasteiger partial charge in [0.05, 0.1) is 25.1 Å². The van der Waals surface area contributed by atoms with Crippen LogP contribution in [0, 0.1) is 17.3 Å². The van der Waals surface area contributed by atoms with E-state index in [0.717, 1.165) is 23.9 Å². The molecule has 35 heavy (non-hydrogen) atoms. The fourth-order valence-corrected chi connectivity index (χ4v) is 10.9. The molecule has 0 aromatic carbocycles. The molecular weight excluding hydrogens is 452 g/mol. The van der Waals surface area contributed by atoms with Gasteiger partial charge in [0, 0.05) is 58.9 Å². The van der Waals surface area contributed by atoms with Crippen molar-refractivity contribution in [3.05, 3.63) is 48.3 Å². The number of hydrogen-bond donors (Lipinski definition) is 0. The van der Waals surface area contributed by atoms with Crippen LogP contribution in [0.1, 0.15) is 94.8 Å². The smallest absolute Gasteiger partial charge is 0.0950 e. The molecule has 8 atom stereocenters. The van der Waals surface area contributed by atoms with E-state index in [0.29, 0.717) is 22.2 Å². The molecule has 190 valence electrons. The van der Waals surface area contributed by atoms with Crippen LogP contribution >= 0.6 is 11.8 Å². The van der Waals surface area contributed by atoms with Gasteiger partial charge < -0.3 is 8.83 Å². The number of piperidine rings is 4. The molecule has 0 amide bonds. The molecule has 0 aliphatic carbocycles. The zero-order chi connectivity index (χ0) is 23.6. The monoisotopic (exact) mass is 494 g/mol. The van der Waals surface area contributed by atoms with Crippen LogP contribution in [-0.2, 0) is 0 Å². The Balaban J connectivity index is 1.13. The molecule has 7 heterocycles. The Morgan fingerprint density at radius 1 is 0.771 bits per heavy atom. The van der Waals surface area contributed by atoms with Crippen LogP contribution in [0.25, 0.3) is 0 Å². The SMILES string of the molecule is C[C@@H]1CC[C@@H](c2ccoc2)N2C[C@]3(CC[C@@H]12)CS[C@]1(CC[C@H]2[C@H](C)CC[C@@H](c4ccoc4)N2C1)C3. The Labute approximate surface area is 215 Å². The average molecular weight is 495 g/mol. The molecule has 5 fully saturated rings. The van der Waals surface area contributed by atoms with Gasteiger partial charge in [-0.2, -0.15) is 11.8 Å². The average Bonchev–Trinajstić information content (AvgIpc) is 3.63. The van der Waals surface area contributed by atoms with Crippen molar-refractivity contribution in [2.24, 2.45) is 17.3 Å². The van der Waals surface area contributed by atoms with E-state index >= 15 is 0 Å². The van der Waals surface area contributed by atoms with Crippen molar-refractivity contribution in [3.63, 3.8) is 0 Å². The first-order valence-electron chi connectivity index (χ1n) is 14.2. The second kappa shape index (κ2) is 8.70. The predicted molar refractivity (Wildman–Crippen MR) is 141 cm³/mol. The highest BCUT2D eigenvalue weighted by Gasteiger charge is 2.56. The number of hydrogen-bond acceptors (Lipinski definition) is 5. The van der Waals surface area contributed by atoms with Gasteiger partial charge in [0.1, 0.15) is 0 Å².